The maximum absolute atomic E-state index is 11.9. The van der Waals surface area contributed by atoms with Gasteiger partial charge in [-0.15, -0.1) is 0 Å². The second-order valence-corrected chi connectivity index (χ2v) is 5.46. The van der Waals surface area contributed by atoms with E-state index in [2.05, 4.69) is 12.2 Å². The summed E-state index contributed by atoms with van der Waals surface area (Å²) in [6, 6.07) is -0.348. The van der Waals surface area contributed by atoms with Crippen molar-refractivity contribution in [2.75, 3.05) is 24.6 Å². The van der Waals surface area contributed by atoms with Gasteiger partial charge in [-0.2, -0.15) is 11.8 Å². The minimum absolute atomic E-state index is 0.0638. The monoisotopic (exact) mass is 276 g/mol. The molecule has 106 valence electrons. The van der Waals surface area contributed by atoms with Crippen LogP contribution in [0.1, 0.15) is 33.6 Å². The van der Waals surface area contributed by atoms with Crippen molar-refractivity contribution in [2.24, 2.45) is 0 Å². The summed E-state index contributed by atoms with van der Waals surface area (Å²) in [5.41, 5.74) is 0. The molecule has 18 heavy (non-hydrogen) atoms. The van der Waals surface area contributed by atoms with Gasteiger partial charge in [0, 0.05) is 12.6 Å². The van der Waals surface area contributed by atoms with Gasteiger partial charge in [0.25, 0.3) is 0 Å². The Balaban J connectivity index is 4.09. The van der Waals surface area contributed by atoms with Crippen LogP contribution in [0.4, 0.5) is 4.79 Å². The number of rotatable bonds is 9. The summed E-state index contributed by atoms with van der Waals surface area (Å²) in [6.45, 7) is 6.24. The lowest BCUT2D eigenvalue weighted by atomic mass is 10.2. The maximum Gasteiger partial charge on any atom is 0.323 e. The van der Waals surface area contributed by atoms with E-state index in [0.29, 0.717) is 6.54 Å². The first-order valence-electron chi connectivity index (χ1n) is 6.36. The molecule has 2 amide bonds. The third-order valence-corrected chi connectivity index (χ3v) is 3.62. The molecular formula is C12H24N2O3S. The molecule has 2 N–H and O–H groups in total. The highest BCUT2D eigenvalue weighted by Gasteiger charge is 2.20. The van der Waals surface area contributed by atoms with Gasteiger partial charge in [0.15, 0.2) is 0 Å². The van der Waals surface area contributed by atoms with Crippen molar-refractivity contribution >= 4 is 23.8 Å². The fourth-order valence-electron chi connectivity index (χ4n) is 1.41. The van der Waals surface area contributed by atoms with Gasteiger partial charge in [0.05, 0.1) is 0 Å². The van der Waals surface area contributed by atoms with Crippen LogP contribution in [0.15, 0.2) is 0 Å². The number of carbonyl (C=O) groups is 2. The average molecular weight is 276 g/mol. The Bertz CT molecular complexity index is 262. The average Bonchev–Trinajstić information content (AvgIpc) is 2.34. The zero-order chi connectivity index (χ0) is 14.0. The van der Waals surface area contributed by atoms with E-state index in [-0.39, 0.29) is 18.6 Å². The van der Waals surface area contributed by atoms with Crippen LogP contribution in [-0.4, -0.2) is 52.6 Å². The van der Waals surface area contributed by atoms with Crippen molar-refractivity contribution < 1.29 is 14.7 Å². The fourth-order valence-corrected chi connectivity index (χ4v) is 2.05. The van der Waals surface area contributed by atoms with E-state index in [0.717, 1.165) is 24.3 Å². The van der Waals surface area contributed by atoms with Crippen LogP contribution in [-0.2, 0) is 4.79 Å². The molecule has 5 nitrogen and oxygen atoms in total. The van der Waals surface area contributed by atoms with Gasteiger partial charge in [0.1, 0.15) is 6.54 Å². The van der Waals surface area contributed by atoms with E-state index in [1.165, 1.54) is 4.90 Å². The zero-order valence-electron chi connectivity index (χ0n) is 11.4. The fraction of sp³-hybridized carbons (Fsp3) is 0.833. The van der Waals surface area contributed by atoms with Crippen LogP contribution in [0.5, 0.6) is 0 Å². The van der Waals surface area contributed by atoms with Crippen molar-refractivity contribution in [1.29, 1.82) is 0 Å². The molecule has 0 fully saturated rings. The van der Waals surface area contributed by atoms with E-state index in [4.69, 9.17) is 5.11 Å². The second kappa shape index (κ2) is 10.1. The van der Waals surface area contributed by atoms with E-state index < -0.39 is 5.97 Å². The first kappa shape index (κ1) is 17.1. The number of hydrogen-bond donors (Lipinski definition) is 2. The van der Waals surface area contributed by atoms with Gasteiger partial charge in [0.2, 0.25) is 0 Å². The molecule has 0 saturated carbocycles. The molecule has 0 aromatic heterocycles. The molecule has 0 aromatic carbocycles. The summed E-state index contributed by atoms with van der Waals surface area (Å²) in [4.78, 5) is 24.0. The Morgan fingerprint density at radius 2 is 2.06 bits per heavy atom. The van der Waals surface area contributed by atoms with Gasteiger partial charge in [-0.05, 0) is 31.3 Å². The number of carboxylic acid groups (broad SMARTS) is 1. The minimum Gasteiger partial charge on any atom is -0.480 e. The third-order valence-electron chi connectivity index (χ3n) is 2.64. The smallest absolute Gasteiger partial charge is 0.323 e. The summed E-state index contributed by atoms with van der Waals surface area (Å²) in [6.07, 6.45) is 1.65. The number of carbonyl (C=O) groups excluding carboxylic acids is 1. The number of thioether (sulfide) groups is 1. The molecule has 0 rings (SSSR count). The Morgan fingerprint density at radius 1 is 1.39 bits per heavy atom. The minimum atomic E-state index is -0.980. The normalized spacial score (nSPS) is 11.9. The van der Waals surface area contributed by atoms with Crippen molar-refractivity contribution in [3.05, 3.63) is 0 Å². The molecule has 0 radical (unpaired) electrons. The SMILES string of the molecule is CCSCCCNC(=O)N(CC(=O)O)C(C)CC. The quantitative estimate of drug-likeness (QED) is 0.632. The van der Waals surface area contributed by atoms with Gasteiger partial charge in [-0.25, -0.2) is 4.79 Å². The van der Waals surface area contributed by atoms with E-state index in [1.54, 1.807) is 0 Å². The van der Waals surface area contributed by atoms with Crippen LogP contribution >= 0.6 is 11.8 Å². The molecule has 0 spiro atoms. The van der Waals surface area contributed by atoms with Gasteiger partial charge < -0.3 is 15.3 Å². The molecule has 0 bridgehead atoms. The molecule has 0 heterocycles. The predicted molar refractivity (Wildman–Crippen MR) is 75.1 cm³/mol. The Hall–Kier alpha value is -0.910. The lowest BCUT2D eigenvalue weighted by molar-refractivity contribution is -0.138. The number of hydrogen-bond acceptors (Lipinski definition) is 3. The van der Waals surface area contributed by atoms with Crippen LogP contribution in [0.2, 0.25) is 0 Å². The summed E-state index contributed by atoms with van der Waals surface area (Å²) < 4.78 is 0. The Labute approximate surface area is 113 Å². The molecule has 0 aliphatic carbocycles. The molecule has 1 unspecified atom stereocenters. The highest BCUT2D eigenvalue weighted by molar-refractivity contribution is 7.99. The molecule has 6 heteroatoms. The standard InChI is InChI=1S/C12H24N2O3S/c1-4-10(3)14(9-11(15)16)12(17)13-7-6-8-18-5-2/h10H,4-9H2,1-3H3,(H,13,17)(H,15,16). The lowest BCUT2D eigenvalue weighted by Crippen LogP contribution is -2.47. The van der Waals surface area contributed by atoms with Crippen molar-refractivity contribution in [3.8, 4) is 0 Å². The lowest BCUT2D eigenvalue weighted by Gasteiger charge is -2.27. The van der Waals surface area contributed by atoms with Crippen molar-refractivity contribution in [3.63, 3.8) is 0 Å². The largest absolute Gasteiger partial charge is 0.480 e. The van der Waals surface area contributed by atoms with Crippen LogP contribution in [0, 0.1) is 0 Å². The Kier molecular flexibility index (Phi) is 9.55. The number of nitrogens with one attached hydrogen (secondary N) is 1. The molecule has 0 aliphatic rings. The maximum atomic E-state index is 11.9. The van der Waals surface area contributed by atoms with E-state index >= 15 is 0 Å². The van der Waals surface area contributed by atoms with Crippen LogP contribution < -0.4 is 5.32 Å². The number of nitrogens with zero attached hydrogens (tertiary/aromatic N) is 1. The topological polar surface area (TPSA) is 69.6 Å². The summed E-state index contributed by atoms with van der Waals surface area (Å²) in [5.74, 6) is 1.11. The summed E-state index contributed by atoms with van der Waals surface area (Å²) in [5, 5.41) is 11.6. The molecule has 0 aromatic rings. The first-order chi connectivity index (χ1) is 8.52. The first-order valence-corrected chi connectivity index (χ1v) is 7.52. The number of amides is 2. The van der Waals surface area contributed by atoms with Gasteiger partial charge >= 0.3 is 12.0 Å². The molecule has 0 saturated heterocycles. The third kappa shape index (κ3) is 7.42. The van der Waals surface area contributed by atoms with Crippen LogP contribution in [0.25, 0.3) is 0 Å². The molecule has 0 aliphatic heterocycles. The zero-order valence-corrected chi connectivity index (χ0v) is 12.3. The predicted octanol–water partition coefficient (Wildman–Crippen LogP) is 2.02. The molecular weight excluding hydrogens is 252 g/mol. The van der Waals surface area contributed by atoms with E-state index in [1.807, 2.05) is 25.6 Å². The number of aliphatic carboxylic acids is 1. The van der Waals surface area contributed by atoms with Gasteiger partial charge in [-0.1, -0.05) is 13.8 Å². The number of urea groups is 1. The highest BCUT2D eigenvalue weighted by atomic mass is 32.2. The van der Waals surface area contributed by atoms with E-state index in [9.17, 15) is 9.59 Å². The van der Waals surface area contributed by atoms with Gasteiger partial charge in [-0.3, -0.25) is 4.79 Å². The second-order valence-electron chi connectivity index (χ2n) is 4.06. The Morgan fingerprint density at radius 3 is 2.56 bits per heavy atom. The van der Waals surface area contributed by atoms with Crippen molar-refractivity contribution in [2.45, 2.75) is 39.7 Å². The van der Waals surface area contributed by atoms with Crippen LogP contribution in [0.3, 0.4) is 0 Å². The highest BCUT2D eigenvalue weighted by Crippen LogP contribution is 2.04. The number of carboxylic acids is 1. The molecule has 1 atom stereocenters. The summed E-state index contributed by atoms with van der Waals surface area (Å²) >= 11 is 1.83. The summed E-state index contributed by atoms with van der Waals surface area (Å²) in [7, 11) is 0. The van der Waals surface area contributed by atoms with Crippen molar-refractivity contribution in [1.82, 2.24) is 10.2 Å².